The molecule has 9 heteroatoms. The Morgan fingerprint density at radius 3 is 2.66 bits per heavy atom. The Balaban J connectivity index is 1.46. The van der Waals surface area contributed by atoms with Gasteiger partial charge >= 0.3 is 6.03 Å². The van der Waals surface area contributed by atoms with Gasteiger partial charge in [0, 0.05) is 31.0 Å². The van der Waals surface area contributed by atoms with Crippen LogP contribution in [-0.2, 0) is 0 Å². The second-order valence-corrected chi connectivity index (χ2v) is 7.51. The van der Waals surface area contributed by atoms with Gasteiger partial charge in [-0.1, -0.05) is 17.7 Å². The van der Waals surface area contributed by atoms with Crippen molar-refractivity contribution in [1.82, 2.24) is 15.6 Å². The van der Waals surface area contributed by atoms with E-state index in [0.717, 1.165) is 0 Å². The van der Waals surface area contributed by atoms with Crippen LogP contribution < -0.4 is 20.5 Å². The number of nitrogens with one attached hydrogen (secondary N) is 2. The molecule has 2 N–H and O–H groups in total. The first-order valence-electron chi connectivity index (χ1n) is 9.19. The molecule has 2 saturated heterocycles. The summed E-state index contributed by atoms with van der Waals surface area (Å²) in [5, 5.41) is 4.70. The average Bonchev–Trinajstić information content (AvgIpc) is 3.04. The first kappa shape index (κ1) is 19.5. The molecule has 2 aliphatic heterocycles. The quantitative estimate of drug-likeness (QED) is 0.803. The van der Waals surface area contributed by atoms with Gasteiger partial charge in [0.2, 0.25) is 0 Å². The number of ether oxygens (including phenoxy) is 1. The molecular weight excluding hydrogens is 399 g/mol. The van der Waals surface area contributed by atoms with Gasteiger partial charge in [-0.15, -0.1) is 0 Å². The molecule has 29 heavy (non-hydrogen) atoms. The third-order valence-electron chi connectivity index (χ3n) is 5.24. The maximum atomic E-state index is 13.5. The Morgan fingerprint density at radius 1 is 1.21 bits per heavy atom. The highest BCUT2D eigenvalue weighted by Crippen LogP contribution is 2.30. The number of urea groups is 1. The van der Waals surface area contributed by atoms with Crippen LogP contribution in [-0.4, -0.2) is 42.7 Å². The predicted molar refractivity (Wildman–Crippen MR) is 106 cm³/mol. The lowest BCUT2D eigenvalue weighted by Gasteiger charge is -2.39. The van der Waals surface area contributed by atoms with Crippen LogP contribution in [0.1, 0.15) is 23.2 Å². The molecule has 0 saturated carbocycles. The first-order valence-corrected chi connectivity index (χ1v) is 9.57. The first-order chi connectivity index (χ1) is 13.9. The summed E-state index contributed by atoms with van der Waals surface area (Å²) in [6.07, 6.45) is 0.998. The molecule has 0 bridgehead atoms. The molecule has 2 heterocycles. The van der Waals surface area contributed by atoms with Crippen molar-refractivity contribution in [3.8, 4) is 5.75 Å². The van der Waals surface area contributed by atoms with E-state index in [1.165, 1.54) is 24.3 Å². The molecule has 0 atom stereocenters. The van der Waals surface area contributed by atoms with Gasteiger partial charge in [0.25, 0.3) is 5.91 Å². The second kappa shape index (κ2) is 7.53. The third kappa shape index (κ3) is 3.73. The summed E-state index contributed by atoms with van der Waals surface area (Å²) in [5.41, 5.74) is 3.29. The minimum Gasteiger partial charge on any atom is -0.496 e. The van der Waals surface area contributed by atoms with Crippen LogP contribution in [0.4, 0.5) is 14.9 Å². The molecule has 1 spiro atoms. The van der Waals surface area contributed by atoms with Crippen molar-refractivity contribution in [3.05, 3.63) is 58.9 Å². The van der Waals surface area contributed by atoms with E-state index in [9.17, 15) is 14.0 Å². The van der Waals surface area contributed by atoms with Crippen molar-refractivity contribution in [2.45, 2.75) is 18.5 Å². The van der Waals surface area contributed by atoms with E-state index in [4.69, 9.17) is 16.3 Å². The number of piperidine rings is 1. The number of hydrazine groups is 1. The summed E-state index contributed by atoms with van der Waals surface area (Å²) < 4.78 is 18.8. The predicted octanol–water partition coefficient (Wildman–Crippen LogP) is 3.15. The number of carbonyl (C=O) groups excluding carboxylic acids is 2. The topological polar surface area (TPSA) is 73.9 Å². The van der Waals surface area contributed by atoms with Crippen molar-refractivity contribution < 1.29 is 18.7 Å². The number of nitrogens with zero attached hydrogens (tertiary/aromatic N) is 2. The van der Waals surface area contributed by atoms with Crippen molar-refractivity contribution >= 4 is 29.2 Å². The maximum Gasteiger partial charge on any atom is 0.338 e. The number of likely N-dealkylation sites (tertiary alicyclic amines) is 1. The molecule has 0 aliphatic carbocycles. The van der Waals surface area contributed by atoms with Crippen molar-refractivity contribution in [2.24, 2.45) is 0 Å². The van der Waals surface area contributed by atoms with Crippen LogP contribution >= 0.6 is 11.6 Å². The molecule has 4 rings (SSSR count). The molecule has 0 unspecified atom stereocenters. The number of halogens is 2. The van der Waals surface area contributed by atoms with E-state index in [0.29, 0.717) is 48.0 Å². The number of hydrogen-bond donors (Lipinski definition) is 2. The fraction of sp³-hybridized carbons (Fsp3) is 0.300. The van der Waals surface area contributed by atoms with Crippen molar-refractivity contribution in [2.75, 3.05) is 25.2 Å². The SMILES string of the molecule is COc1ccc(Cl)cc1C(=O)N1CCC2(CC1)NC(=O)N(c1cccc(F)c1)N2. The van der Waals surface area contributed by atoms with Crippen LogP contribution in [0, 0.1) is 5.82 Å². The van der Waals surface area contributed by atoms with Crippen molar-refractivity contribution in [3.63, 3.8) is 0 Å². The largest absolute Gasteiger partial charge is 0.496 e. The molecule has 0 aromatic heterocycles. The Morgan fingerprint density at radius 2 is 1.97 bits per heavy atom. The Labute approximate surface area is 172 Å². The van der Waals surface area contributed by atoms with Crippen LogP contribution in [0.5, 0.6) is 5.75 Å². The molecule has 3 amide bonds. The monoisotopic (exact) mass is 418 g/mol. The van der Waals surface area contributed by atoms with E-state index in [-0.39, 0.29) is 11.9 Å². The summed E-state index contributed by atoms with van der Waals surface area (Å²) in [7, 11) is 1.50. The minimum atomic E-state index is -0.682. The summed E-state index contributed by atoms with van der Waals surface area (Å²) >= 11 is 6.04. The van der Waals surface area contributed by atoms with E-state index in [2.05, 4.69) is 10.7 Å². The summed E-state index contributed by atoms with van der Waals surface area (Å²) in [6.45, 7) is 0.859. The number of carbonyl (C=O) groups is 2. The summed E-state index contributed by atoms with van der Waals surface area (Å²) in [4.78, 5) is 27.1. The standard InChI is InChI=1S/C20H20ClFN4O3/c1-29-17-6-5-13(21)11-16(17)18(27)25-9-7-20(8-10-25)23-19(28)26(24-20)15-4-2-3-14(22)12-15/h2-6,11-12,24H,7-10H2,1H3,(H,23,28). The van der Waals surface area contributed by atoms with Gasteiger partial charge < -0.3 is 15.0 Å². The lowest BCUT2D eigenvalue weighted by molar-refractivity contribution is 0.0637. The Kier molecular flexibility index (Phi) is 5.06. The van der Waals surface area contributed by atoms with E-state index in [1.807, 2.05) is 0 Å². The van der Waals surface area contributed by atoms with E-state index < -0.39 is 11.5 Å². The van der Waals surface area contributed by atoms with Gasteiger partial charge in [-0.3, -0.25) is 4.79 Å². The summed E-state index contributed by atoms with van der Waals surface area (Å²) in [5.74, 6) is -0.135. The number of amides is 3. The zero-order valence-electron chi connectivity index (χ0n) is 15.7. The molecule has 2 aromatic carbocycles. The highest BCUT2D eigenvalue weighted by Gasteiger charge is 2.45. The number of anilines is 1. The fourth-order valence-corrected chi connectivity index (χ4v) is 3.87. The van der Waals surface area contributed by atoms with Gasteiger partial charge in [0.15, 0.2) is 0 Å². The van der Waals surface area contributed by atoms with Crippen LogP contribution in [0.2, 0.25) is 5.02 Å². The smallest absolute Gasteiger partial charge is 0.338 e. The van der Waals surface area contributed by atoms with Crippen LogP contribution in [0.25, 0.3) is 0 Å². The minimum absolute atomic E-state index is 0.175. The highest BCUT2D eigenvalue weighted by atomic mass is 35.5. The van der Waals surface area contributed by atoms with Crippen molar-refractivity contribution in [1.29, 1.82) is 0 Å². The van der Waals surface area contributed by atoms with Crippen LogP contribution in [0.3, 0.4) is 0 Å². The molecule has 7 nitrogen and oxygen atoms in total. The lowest BCUT2D eigenvalue weighted by Crippen LogP contribution is -2.58. The number of methoxy groups -OCH3 is 1. The van der Waals surface area contributed by atoms with Gasteiger partial charge in [0.05, 0.1) is 18.4 Å². The van der Waals surface area contributed by atoms with Gasteiger partial charge in [-0.25, -0.2) is 19.6 Å². The molecular formula is C20H20ClFN4O3. The van der Waals surface area contributed by atoms with E-state index >= 15 is 0 Å². The molecule has 152 valence electrons. The number of rotatable bonds is 3. The van der Waals surface area contributed by atoms with Gasteiger partial charge in [-0.2, -0.15) is 0 Å². The zero-order chi connectivity index (χ0) is 20.6. The molecule has 0 radical (unpaired) electrons. The average molecular weight is 419 g/mol. The lowest BCUT2D eigenvalue weighted by atomic mass is 9.97. The van der Waals surface area contributed by atoms with Gasteiger partial charge in [0.1, 0.15) is 17.2 Å². The summed E-state index contributed by atoms with van der Waals surface area (Å²) in [6, 6.07) is 10.4. The number of benzene rings is 2. The molecule has 2 aromatic rings. The normalized spacial score (nSPS) is 18.1. The molecule has 2 aliphatic rings. The number of hydrogen-bond acceptors (Lipinski definition) is 4. The molecule has 2 fully saturated rings. The van der Waals surface area contributed by atoms with E-state index in [1.54, 1.807) is 35.2 Å². The Hall–Kier alpha value is -2.84. The second-order valence-electron chi connectivity index (χ2n) is 7.08. The fourth-order valence-electron chi connectivity index (χ4n) is 3.70. The van der Waals surface area contributed by atoms with Gasteiger partial charge in [-0.05, 0) is 36.4 Å². The zero-order valence-corrected chi connectivity index (χ0v) is 16.5. The highest BCUT2D eigenvalue weighted by molar-refractivity contribution is 6.31. The van der Waals surface area contributed by atoms with Crippen LogP contribution in [0.15, 0.2) is 42.5 Å². The maximum absolute atomic E-state index is 13.5. The third-order valence-corrected chi connectivity index (χ3v) is 5.47. The Bertz CT molecular complexity index is 962.